The van der Waals surface area contributed by atoms with Gasteiger partial charge in [0.2, 0.25) is 6.71 Å². The minimum atomic E-state index is 0.398. The Morgan fingerprint density at radius 2 is 0.972 bits per heavy atom. The van der Waals surface area contributed by atoms with Crippen LogP contribution in [-0.2, 0) is 25.7 Å². The van der Waals surface area contributed by atoms with Crippen LogP contribution in [0.15, 0.2) is 84.9 Å². The molecule has 4 aliphatic rings. The molecule has 3 aliphatic heterocycles. The number of aryl methyl sites for hydroxylation is 1. The largest absolute Gasteiger partial charge is 0.243 e. The summed E-state index contributed by atoms with van der Waals surface area (Å²) in [6.45, 7) is 2.68. The van der Waals surface area contributed by atoms with Crippen LogP contribution in [0, 0.1) is 6.92 Å². The van der Waals surface area contributed by atoms with Crippen molar-refractivity contribution in [2.24, 2.45) is 0 Å². The van der Waals surface area contributed by atoms with E-state index in [9.17, 15) is 0 Å². The van der Waals surface area contributed by atoms with Crippen LogP contribution in [0.2, 0.25) is 0 Å². The van der Waals surface area contributed by atoms with Crippen molar-refractivity contribution in [1.82, 2.24) is 0 Å². The van der Waals surface area contributed by atoms with Crippen molar-refractivity contribution in [2.45, 2.75) is 32.6 Å². The monoisotopic (exact) mass is 456 g/mol. The van der Waals surface area contributed by atoms with Crippen molar-refractivity contribution in [3.8, 4) is 22.3 Å². The Morgan fingerprint density at radius 3 is 1.69 bits per heavy atom. The molecule has 0 radical (unpaired) electrons. The zero-order valence-corrected chi connectivity index (χ0v) is 20.5. The van der Waals surface area contributed by atoms with Gasteiger partial charge in [0.15, 0.2) is 0 Å². The Balaban J connectivity index is 1.36. The second kappa shape index (κ2) is 6.68. The van der Waals surface area contributed by atoms with Crippen molar-refractivity contribution in [3.63, 3.8) is 0 Å². The van der Waals surface area contributed by atoms with Crippen LogP contribution in [0.5, 0.6) is 0 Å². The number of hydrogen-bond acceptors (Lipinski definition) is 0. The summed E-state index contributed by atoms with van der Waals surface area (Å²) in [6, 6.07) is 32.8. The molecule has 168 valence electrons. The van der Waals surface area contributed by atoms with Crippen molar-refractivity contribution in [3.05, 3.63) is 135 Å². The SMILES string of the molecule is Cc1cccc2c1-c1c(cccc1-c1ccc3c4c1Cc1cccc5c1B4c1c(cccc1C3)C5)C2. The van der Waals surface area contributed by atoms with Gasteiger partial charge in [0.1, 0.15) is 0 Å². The van der Waals surface area contributed by atoms with Gasteiger partial charge in [0.05, 0.1) is 0 Å². The second-order valence-electron chi connectivity index (χ2n) is 11.2. The molecule has 3 heterocycles. The first-order valence-electron chi connectivity index (χ1n) is 13.3. The molecule has 5 aromatic rings. The minimum absolute atomic E-state index is 0.398. The lowest BCUT2D eigenvalue weighted by Crippen LogP contribution is -2.64. The topological polar surface area (TPSA) is 0 Å². The van der Waals surface area contributed by atoms with Crippen LogP contribution in [0.4, 0.5) is 0 Å². The average Bonchev–Trinajstić information content (AvgIpc) is 3.29. The van der Waals surface area contributed by atoms with Gasteiger partial charge in [-0.25, -0.2) is 0 Å². The zero-order valence-electron chi connectivity index (χ0n) is 20.5. The molecule has 9 rings (SSSR count). The summed E-state index contributed by atoms with van der Waals surface area (Å²) < 4.78 is 0. The first-order chi connectivity index (χ1) is 17.8. The summed E-state index contributed by atoms with van der Waals surface area (Å²) in [5.74, 6) is 0. The van der Waals surface area contributed by atoms with E-state index in [2.05, 4.69) is 91.9 Å². The Morgan fingerprint density at radius 1 is 0.444 bits per heavy atom. The molecule has 0 spiro atoms. The lowest BCUT2D eigenvalue weighted by atomic mass is 9.28. The van der Waals surface area contributed by atoms with Crippen LogP contribution in [0.3, 0.4) is 0 Å². The molecule has 0 nitrogen and oxygen atoms in total. The molecule has 0 bridgehead atoms. The average molecular weight is 456 g/mol. The number of rotatable bonds is 1. The van der Waals surface area contributed by atoms with Gasteiger partial charge < -0.3 is 0 Å². The molecular weight excluding hydrogens is 431 g/mol. The van der Waals surface area contributed by atoms with Gasteiger partial charge in [-0.3, -0.25) is 0 Å². The highest BCUT2D eigenvalue weighted by atomic mass is 14.3. The van der Waals surface area contributed by atoms with Crippen LogP contribution in [-0.4, -0.2) is 6.71 Å². The minimum Gasteiger partial charge on any atom is -0.0617 e. The van der Waals surface area contributed by atoms with E-state index in [0.717, 1.165) is 25.7 Å². The lowest BCUT2D eigenvalue weighted by molar-refractivity contribution is 1.10. The molecule has 1 heteroatoms. The molecule has 0 saturated carbocycles. The fourth-order valence-electron chi connectivity index (χ4n) is 8.10. The third-order valence-electron chi connectivity index (χ3n) is 9.45. The Bertz CT molecular complexity index is 1770. The first kappa shape index (κ1) is 19.4. The predicted molar refractivity (Wildman–Crippen MR) is 151 cm³/mol. The number of benzene rings is 5. The van der Waals surface area contributed by atoms with E-state index in [1.165, 1.54) is 66.8 Å². The van der Waals surface area contributed by atoms with E-state index in [0.29, 0.717) is 6.71 Å². The molecule has 36 heavy (non-hydrogen) atoms. The first-order valence-corrected chi connectivity index (χ1v) is 13.3. The highest BCUT2D eigenvalue weighted by molar-refractivity contribution is 6.98. The predicted octanol–water partition coefficient (Wildman–Crippen LogP) is 5.46. The third-order valence-corrected chi connectivity index (χ3v) is 9.45. The second-order valence-corrected chi connectivity index (χ2v) is 11.2. The molecule has 0 atom stereocenters. The van der Waals surface area contributed by atoms with Crippen LogP contribution < -0.4 is 16.4 Å². The lowest BCUT2D eigenvalue weighted by Gasteiger charge is -2.40. The molecule has 0 unspecified atom stereocenters. The summed E-state index contributed by atoms with van der Waals surface area (Å²) in [7, 11) is 0. The van der Waals surface area contributed by atoms with Crippen molar-refractivity contribution in [1.29, 1.82) is 0 Å². The fraction of sp³-hybridized carbons (Fsp3) is 0.143. The van der Waals surface area contributed by atoms with Crippen molar-refractivity contribution >= 4 is 23.1 Å². The van der Waals surface area contributed by atoms with E-state index >= 15 is 0 Å². The van der Waals surface area contributed by atoms with Crippen molar-refractivity contribution < 1.29 is 0 Å². The Labute approximate surface area is 212 Å². The molecule has 0 fully saturated rings. The van der Waals surface area contributed by atoms with Gasteiger partial charge >= 0.3 is 0 Å². The molecule has 0 saturated heterocycles. The van der Waals surface area contributed by atoms with E-state index in [1.807, 2.05) is 0 Å². The van der Waals surface area contributed by atoms with Gasteiger partial charge in [-0.2, -0.15) is 0 Å². The van der Waals surface area contributed by atoms with E-state index in [1.54, 1.807) is 22.0 Å². The highest BCUT2D eigenvalue weighted by Gasteiger charge is 2.42. The standard InChI is InChI=1S/C35H25B/c1-20-6-2-7-21-16-22-8-5-13-29(32(22)31(20)21)28-15-14-27-18-25-10-3-9-23-17-24-11-4-12-26-19-30(28)35(27)36(33(23)25)34(24)26/h2-15H,16-19H2,1H3. The maximum atomic E-state index is 2.46. The molecule has 5 aromatic carbocycles. The van der Waals surface area contributed by atoms with Crippen LogP contribution in [0.1, 0.15) is 50.1 Å². The third kappa shape index (κ3) is 2.32. The van der Waals surface area contributed by atoms with Gasteiger partial charge in [-0.15, -0.1) is 0 Å². The Hall–Kier alpha value is -3.84. The smallest absolute Gasteiger partial charge is 0.0617 e. The normalized spacial score (nSPS) is 14.9. The zero-order chi connectivity index (χ0) is 23.5. The quantitative estimate of drug-likeness (QED) is 0.288. The highest BCUT2D eigenvalue weighted by Crippen LogP contribution is 2.46. The van der Waals surface area contributed by atoms with Crippen LogP contribution >= 0.6 is 0 Å². The van der Waals surface area contributed by atoms with Gasteiger partial charge in [0.25, 0.3) is 0 Å². The molecule has 0 N–H and O–H groups in total. The summed E-state index contributed by atoms with van der Waals surface area (Å²) in [4.78, 5) is 0. The maximum Gasteiger partial charge on any atom is 0.243 e. The molecule has 0 aromatic heterocycles. The molecule has 0 amide bonds. The molecule has 1 aliphatic carbocycles. The summed E-state index contributed by atoms with van der Waals surface area (Å²) in [6.07, 6.45) is 4.23. The summed E-state index contributed by atoms with van der Waals surface area (Å²) in [5.41, 5.74) is 24.3. The van der Waals surface area contributed by atoms with E-state index < -0.39 is 0 Å². The van der Waals surface area contributed by atoms with Crippen LogP contribution in [0.25, 0.3) is 22.3 Å². The number of fused-ring (bicyclic) bond motifs is 3. The van der Waals surface area contributed by atoms with Crippen molar-refractivity contribution in [2.75, 3.05) is 0 Å². The Kier molecular flexibility index (Phi) is 3.59. The summed E-state index contributed by atoms with van der Waals surface area (Å²) in [5, 5.41) is 0. The fourth-order valence-corrected chi connectivity index (χ4v) is 8.10. The van der Waals surface area contributed by atoms with E-state index in [4.69, 9.17) is 0 Å². The number of hydrogen-bond donors (Lipinski definition) is 0. The van der Waals surface area contributed by atoms with Gasteiger partial charge in [-0.05, 0) is 105 Å². The van der Waals surface area contributed by atoms with E-state index in [-0.39, 0.29) is 0 Å². The summed E-state index contributed by atoms with van der Waals surface area (Å²) >= 11 is 0. The van der Waals surface area contributed by atoms with Gasteiger partial charge in [0, 0.05) is 0 Å². The molecular formula is C35H25B. The maximum absolute atomic E-state index is 2.46. The van der Waals surface area contributed by atoms with Gasteiger partial charge in [-0.1, -0.05) is 101 Å².